The normalized spacial score (nSPS) is 16.5. The van der Waals surface area contributed by atoms with E-state index in [4.69, 9.17) is 5.84 Å². The molecule has 1 fully saturated rings. The lowest BCUT2D eigenvalue weighted by Crippen LogP contribution is -2.37. The molecule has 0 radical (unpaired) electrons. The van der Waals surface area contributed by atoms with Gasteiger partial charge in [-0.3, -0.25) is 10.6 Å². The number of hydrogen-bond donors (Lipinski definition) is 3. The summed E-state index contributed by atoms with van der Waals surface area (Å²) in [5.41, 5.74) is 4.02. The first-order chi connectivity index (χ1) is 8.29. The third kappa shape index (κ3) is 3.38. The van der Waals surface area contributed by atoms with Crippen molar-refractivity contribution in [3.05, 3.63) is 29.8 Å². The van der Waals surface area contributed by atoms with Gasteiger partial charge in [0.1, 0.15) is 0 Å². The molecular formula is C12H17N3OS. The van der Waals surface area contributed by atoms with Crippen molar-refractivity contribution >= 4 is 23.4 Å². The zero-order valence-corrected chi connectivity index (χ0v) is 10.4. The van der Waals surface area contributed by atoms with E-state index in [1.54, 1.807) is 24.3 Å². The van der Waals surface area contributed by atoms with Crippen LogP contribution in [-0.4, -0.2) is 23.5 Å². The molecular weight excluding hydrogens is 234 g/mol. The highest BCUT2D eigenvalue weighted by Gasteiger charge is 2.16. The van der Waals surface area contributed by atoms with Crippen LogP contribution < -0.4 is 16.6 Å². The first kappa shape index (κ1) is 12.3. The first-order valence-electron chi connectivity index (χ1n) is 5.75. The van der Waals surface area contributed by atoms with Crippen LogP contribution in [0.2, 0.25) is 0 Å². The Kier molecular flexibility index (Phi) is 4.28. The topological polar surface area (TPSA) is 67.1 Å². The highest BCUT2D eigenvalue weighted by atomic mass is 32.2. The molecule has 0 saturated carbocycles. The van der Waals surface area contributed by atoms with Crippen molar-refractivity contribution in [2.75, 3.05) is 16.9 Å². The molecule has 0 aromatic heterocycles. The average Bonchev–Trinajstić information content (AvgIpc) is 2.40. The van der Waals surface area contributed by atoms with Crippen LogP contribution in [0.25, 0.3) is 0 Å². The molecule has 1 aliphatic rings. The van der Waals surface area contributed by atoms with Crippen LogP contribution in [0, 0.1) is 0 Å². The van der Waals surface area contributed by atoms with E-state index >= 15 is 0 Å². The first-order valence-corrected chi connectivity index (χ1v) is 6.90. The van der Waals surface area contributed by atoms with Gasteiger partial charge >= 0.3 is 0 Å². The number of hydrogen-bond acceptors (Lipinski definition) is 4. The van der Waals surface area contributed by atoms with Gasteiger partial charge in [0.2, 0.25) is 0 Å². The molecule has 0 aliphatic carbocycles. The van der Waals surface area contributed by atoms with Gasteiger partial charge in [0, 0.05) is 17.3 Å². The summed E-state index contributed by atoms with van der Waals surface area (Å²) >= 11 is 1.95. The number of rotatable bonds is 3. The number of amides is 1. The van der Waals surface area contributed by atoms with Gasteiger partial charge in [-0.25, -0.2) is 0 Å². The van der Waals surface area contributed by atoms with E-state index in [0.29, 0.717) is 11.6 Å². The van der Waals surface area contributed by atoms with Crippen molar-refractivity contribution in [1.29, 1.82) is 0 Å². The molecule has 5 heteroatoms. The van der Waals surface area contributed by atoms with Gasteiger partial charge in [0.25, 0.3) is 5.91 Å². The molecule has 4 nitrogen and oxygen atoms in total. The lowest BCUT2D eigenvalue weighted by atomic mass is 10.1. The molecule has 1 heterocycles. The average molecular weight is 251 g/mol. The lowest BCUT2D eigenvalue weighted by molar-refractivity contribution is 0.0935. The molecule has 1 amide bonds. The van der Waals surface area contributed by atoms with E-state index < -0.39 is 0 Å². The molecule has 0 unspecified atom stereocenters. The summed E-state index contributed by atoms with van der Waals surface area (Å²) in [4.78, 5) is 11.9. The maximum absolute atomic E-state index is 11.9. The molecule has 1 saturated heterocycles. The molecule has 92 valence electrons. The largest absolute Gasteiger partial charge is 0.349 e. The summed E-state index contributed by atoms with van der Waals surface area (Å²) in [6.45, 7) is 0. The SMILES string of the molecule is NNc1ccc(C(=O)NC2CCSCC2)cc1. The van der Waals surface area contributed by atoms with E-state index in [-0.39, 0.29) is 5.91 Å². The number of carbonyl (C=O) groups excluding carboxylic acids is 1. The zero-order valence-electron chi connectivity index (χ0n) is 9.61. The standard InChI is InChI=1S/C12H17N3OS/c13-15-11-3-1-9(2-4-11)12(16)14-10-5-7-17-8-6-10/h1-4,10,15H,5-8,13H2,(H,14,16). The maximum Gasteiger partial charge on any atom is 0.251 e. The van der Waals surface area contributed by atoms with E-state index in [1.807, 2.05) is 11.8 Å². The van der Waals surface area contributed by atoms with Crippen LogP contribution in [-0.2, 0) is 0 Å². The predicted molar refractivity (Wildman–Crippen MR) is 72.1 cm³/mol. The predicted octanol–water partition coefficient (Wildman–Crippen LogP) is 1.60. The Balaban J connectivity index is 1.93. The van der Waals surface area contributed by atoms with E-state index in [0.717, 1.165) is 30.0 Å². The van der Waals surface area contributed by atoms with Crippen molar-refractivity contribution in [2.45, 2.75) is 18.9 Å². The second kappa shape index (κ2) is 5.93. The van der Waals surface area contributed by atoms with Gasteiger partial charge < -0.3 is 10.7 Å². The fourth-order valence-electron chi connectivity index (χ4n) is 1.83. The Bertz CT molecular complexity index is 374. The van der Waals surface area contributed by atoms with Gasteiger partial charge in [0.15, 0.2) is 0 Å². The number of nitrogens with one attached hydrogen (secondary N) is 2. The highest BCUT2D eigenvalue weighted by Crippen LogP contribution is 2.17. The van der Waals surface area contributed by atoms with E-state index in [9.17, 15) is 4.79 Å². The number of anilines is 1. The second-order valence-electron chi connectivity index (χ2n) is 4.08. The smallest absolute Gasteiger partial charge is 0.251 e. The second-order valence-corrected chi connectivity index (χ2v) is 5.31. The maximum atomic E-state index is 11.9. The van der Waals surface area contributed by atoms with Gasteiger partial charge in [-0.2, -0.15) is 11.8 Å². The molecule has 4 N–H and O–H groups in total. The van der Waals surface area contributed by atoms with E-state index in [1.165, 1.54) is 0 Å². The number of carbonyl (C=O) groups is 1. The van der Waals surface area contributed by atoms with Crippen LogP contribution in [0.3, 0.4) is 0 Å². The number of benzene rings is 1. The minimum absolute atomic E-state index is 0.00507. The molecule has 0 bridgehead atoms. The van der Waals surface area contributed by atoms with Crippen LogP contribution in [0.4, 0.5) is 5.69 Å². The fourth-order valence-corrected chi connectivity index (χ4v) is 2.93. The van der Waals surface area contributed by atoms with Gasteiger partial charge in [-0.15, -0.1) is 0 Å². The van der Waals surface area contributed by atoms with Gasteiger partial charge in [-0.1, -0.05) is 0 Å². The molecule has 1 aromatic rings. The molecule has 0 atom stereocenters. The molecule has 1 aliphatic heterocycles. The summed E-state index contributed by atoms with van der Waals surface area (Å²) in [6, 6.07) is 7.48. The zero-order chi connectivity index (χ0) is 12.1. The summed E-state index contributed by atoms with van der Waals surface area (Å²) < 4.78 is 0. The van der Waals surface area contributed by atoms with Crippen LogP contribution in [0.1, 0.15) is 23.2 Å². The van der Waals surface area contributed by atoms with Crippen molar-refractivity contribution in [3.63, 3.8) is 0 Å². The molecule has 17 heavy (non-hydrogen) atoms. The van der Waals surface area contributed by atoms with Crippen molar-refractivity contribution in [3.8, 4) is 0 Å². The Morgan fingerprint density at radius 1 is 1.24 bits per heavy atom. The summed E-state index contributed by atoms with van der Waals surface area (Å²) in [5, 5.41) is 3.07. The third-order valence-corrected chi connectivity index (χ3v) is 3.92. The molecule has 2 rings (SSSR count). The quantitative estimate of drug-likeness (QED) is 0.564. The van der Waals surface area contributed by atoms with Crippen LogP contribution >= 0.6 is 11.8 Å². The Morgan fingerprint density at radius 3 is 2.47 bits per heavy atom. The summed E-state index contributed by atoms with van der Waals surface area (Å²) in [7, 11) is 0. The van der Waals surface area contributed by atoms with E-state index in [2.05, 4.69) is 10.7 Å². The molecule has 1 aromatic carbocycles. The Morgan fingerprint density at radius 2 is 1.88 bits per heavy atom. The summed E-state index contributed by atoms with van der Waals surface area (Å²) in [6.07, 6.45) is 2.14. The Labute approximate surface area is 105 Å². The monoisotopic (exact) mass is 251 g/mol. The fraction of sp³-hybridized carbons (Fsp3) is 0.417. The number of nitrogens with two attached hydrogens (primary N) is 1. The molecule has 0 spiro atoms. The van der Waals surface area contributed by atoms with Crippen molar-refractivity contribution in [1.82, 2.24) is 5.32 Å². The third-order valence-electron chi connectivity index (χ3n) is 2.87. The Hall–Kier alpha value is -1.20. The van der Waals surface area contributed by atoms with Crippen LogP contribution in [0.5, 0.6) is 0 Å². The number of thioether (sulfide) groups is 1. The minimum atomic E-state index is 0.00507. The van der Waals surface area contributed by atoms with Crippen molar-refractivity contribution in [2.24, 2.45) is 5.84 Å². The van der Waals surface area contributed by atoms with Gasteiger partial charge in [0.05, 0.1) is 0 Å². The number of nitrogen functional groups attached to an aromatic ring is 1. The van der Waals surface area contributed by atoms with Crippen molar-refractivity contribution < 1.29 is 4.79 Å². The van der Waals surface area contributed by atoms with Crippen LogP contribution in [0.15, 0.2) is 24.3 Å². The minimum Gasteiger partial charge on any atom is -0.349 e. The highest BCUT2D eigenvalue weighted by molar-refractivity contribution is 7.99. The summed E-state index contributed by atoms with van der Waals surface area (Å²) in [5.74, 6) is 7.56. The lowest BCUT2D eigenvalue weighted by Gasteiger charge is -2.22. The number of hydrazine groups is 1. The van der Waals surface area contributed by atoms with Gasteiger partial charge in [-0.05, 0) is 48.6 Å².